The number of carbonyl (C=O) groups excluding carboxylic acids is 1. The van der Waals surface area contributed by atoms with Crippen LogP contribution in [0, 0.1) is 0 Å². The standard InChI is InChI=1S/C23H24N6OS2/c1-27(12-18-15-31-16-25-18)23(30)22-19-13-28(14-21-24-8-10-32-21)9-7-20(19)29(26-22)11-17-5-3-2-4-6-17/h2-6,8,10,15-16H,7,9,11-14H2,1H3. The van der Waals surface area contributed by atoms with Gasteiger partial charge in [-0.25, -0.2) is 9.97 Å². The Balaban J connectivity index is 1.44. The molecule has 0 bridgehead atoms. The molecule has 0 saturated carbocycles. The number of aromatic nitrogens is 4. The van der Waals surface area contributed by atoms with Crippen molar-refractivity contribution in [2.24, 2.45) is 0 Å². The van der Waals surface area contributed by atoms with Crippen LogP contribution in [0.1, 0.15) is 38.0 Å². The van der Waals surface area contributed by atoms with Crippen molar-refractivity contribution in [1.82, 2.24) is 29.5 Å². The smallest absolute Gasteiger partial charge is 0.274 e. The topological polar surface area (TPSA) is 67.2 Å². The van der Waals surface area contributed by atoms with Crippen molar-refractivity contribution in [3.63, 3.8) is 0 Å². The van der Waals surface area contributed by atoms with Crippen LogP contribution >= 0.6 is 22.7 Å². The fourth-order valence-corrected chi connectivity index (χ4v) is 5.28. The van der Waals surface area contributed by atoms with Crippen LogP contribution < -0.4 is 0 Å². The van der Waals surface area contributed by atoms with E-state index in [0.29, 0.717) is 25.3 Å². The first-order valence-electron chi connectivity index (χ1n) is 10.5. The lowest BCUT2D eigenvalue weighted by molar-refractivity contribution is 0.0774. The Hall–Kier alpha value is -2.88. The highest BCUT2D eigenvalue weighted by Crippen LogP contribution is 2.26. The quantitative estimate of drug-likeness (QED) is 0.417. The monoisotopic (exact) mass is 464 g/mol. The van der Waals surface area contributed by atoms with Crippen molar-refractivity contribution in [3.05, 3.63) is 86.0 Å². The highest BCUT2D eigenvalue weighted by atomic mass is 32.1. The predicted molar refractivity (Wildman–Crippen MR) is 126 cm³/mol. The van der Waals surface area contributed by atoms with E-state index >= 15 is 0 Å². The van der Waals surface area contributed by atoms with Crippen LogP contribution in [0.4, 0.5) is 0 Å². The van der Waals surface area contributed by atoms with Gasteiger partial charge in [-0.2, -0.15) is 5.10 Å². The Morgan fingerprint density at radius 1 is 1.19 bits per heavy atom. The van der Waals surface area contributed by atoms with Gasteiger partial charge in [0.2, 0.25) is 0 Å². The molecule has 5 rings (SSSR count). The van der Waals surface area contributed by atoms with Crippen molar-refractivity contribution in [2.45, 2.75) is 32.6 Å². The minimum absolute atomic E-state index is 0.0582. The van der Waals surface area contributed by atoms with E-state index in [0.717, 1.165) is 41.5 Å². The summed E-state index contributed by atoms with van der Waals surface area (Å²) in [6.07, 6.45) is 2.71. The molecule has 0 fully saturated rings. The van der Waals surface area contributed by atoms with Gasteiger partial charge in [0.15, 0.2) is 5.69 Å². The number of hydrogen-bond acceptors (Lipinski definition) is 7. The number of amides is 1. The Morgan fingerprint density at radius 2 is 2.06 bits per heavy atom. The third-order valence-corrected chi connectivity index (χ3v) is 7.06. The number of benzene rings is 1. The van der Waals surface area contributed by atoms with E-state index in [-0.39, 0.29) is 5.91 Å². The second-order valence-corrected chi connectivity index (χ2v) is 9.64. The molecule has 0 unspecified atom stereocenters. The summed E-state index contributed by atoms with van der Waals surface area (Å²) in [5.41, 5.74) is 6.62. The van der Waals surface area contributed by atoms with Crippen LogP contribution in [0.3, 0.4) is 0 Å². The molecule has 0 radical (unpaired) electrons. The average Bonchev–Trinajstić information content (AvgIpc) is 3.57. The molecule has 164 valence electrons. The molecule has 9 heteroatoms. The Morgan fingerprint density at radius 3 is 2.81 bits per heavy atom. The highest BCUT2D eigenvalue weighted by molar-refractivity contribution is 7.09. The summed E-state index contributed by atoms with van der Waals surface area (Å²) in [6.45, 7) is 3.57. The Labute approximate surface area is 195 Å². The zero-order valence-electron chi connectivity index (χ0n) is 17.8. The fraction of sp³-hybridized carbons (Fsp3) is 0.304. The number of rotatable bonds is 7. The lowest BCUT2D eigenvalue weighted by Gasteiger charge is -2.27. The first-order chi connectivity index (χ1) is 15.7. The molecule has 4 heterocycles. The predicted octanol–water partition coefficient (Wildman–Crippen LogP) is 3.67. The molecule has 0 aliphatic carbocycles. The van der Waals surface area contributed by atoms with E-state index in [1.54, 1.807) is 21.7 Å². The highest BCUT2D eigenvalue weighted by Gasteiger charge is 2.30. The van der Waals surface area contributed by atoms with E-state index in [9.17, 15) is 4.79 Å². The molecule has 7 nitrogen and oxygen atoms in total. The molecule has 0 saturated heterocycles. The van der Waals surface area contributed by atoms with Crippen LogP contribution in [-0.2, 0) is 32.6 Å². The summed E-state index contributed by atoms with van der Waals surface area (Å²) < 4.78 is 2.02. The summed E-state index contributed by atoms with van der Waals surface area (Å²) in [5, 5.41) is 9.91. The summed E-state index contributed by atoms with van der Waals surface area (Å²) in [6, 6.07) is 10.3. The number of thiazole rings is 2. The van der Waals surface area contributed by atoms with Crippen LogP contribution in [0.2, 0.25) is 0 Å². The minimum Gasteiger partial charge on any atom is -0.334 e. The average molecular weight is 465 g/mol. The van der Waals surface area contributed by atoms with Crippen molar-refractivity contribution < 1.29 is 4.79 Å². The number of hydrogen-bond donors (Lipinski definition) is 0. The second kappa shape index (κ2) is 9.32. The van der Waals surface area contributed by atoms with E-state index in [2.05, 4.69) is 27.0 Å². The van der Waals surface area contributed by atoms with E-state index < -0.39 is 0 Å². The summed E-state index contributed by atoms with van der Waals surface area (Å²) in [5.74, 6) is -0.0582. The SMILES string of the molecule is CN(Cc1cscn1)C(=O)c1nn(Cc2ccccc2)c2c1CN(Cc1nccs1)CC2. The van der Waals surface area contributed by atoms with Crippen molar-refractivity contribution in [2.75, 3.05) is 13.6 Å². The number of fused-ring (bicyclic) bond motifs is 1. The van der Waals surface area contributed by atoms with Gasteiger partial charge < -0.3 is 4.90 Å². The lowest BCUT2D eigenvalue weighted by Crippen LogP contribution is -2.33. The molecule has 4 aromatic rings. The summed E-state index contributed by atoms with van der Waals surface area (Å²) in [7, 11) is 1.82. The molecular weight excluding hydrogens is 440 g/mol. The van der Waals surface area contributed by atoms with E-state index in [4.69, 9.17) is 5.10 Å². The molecule has 1 amide bonds. The first kappa shape index (κ1) is 21.0. The fourth-order valence-electron chi connectivity index (χ4n) is 4.07. The third-order valence-electron chi connectivity index (χ3n) is 5.66. The number of nitrogens with zero attached hydrogens (tertiary/aromatic N) is 6. The largest absolute Gasteiger partial charge is 0.334 e. The van der Waals surface area contributed by atoms with Crippen molar-refractivity contribution in [1.29, 1.82) is 0 Å². The van der Waals surface area contributed by atoms with Gasteiger partial charge in [-0.3, -0.25) is 14.4 Å². The second-order valence-electron chi connectivity index (χ2n) is 7.94. The maximum atomic E-state index is 13.4. The van der Waals surface area contributed by atoms with Crippen molar-refractivity contribution >= 4 is 28.6 Å². The van der Waals surface area contributed by atoms with Gasteiger partial charge in [0.25, 0.3) is 5.91 Å². The molecule has 32 heavy (non-hydrogen) atoms. The number of carbonyl (C=O) groups is 1. The Kier molecular flexibility index (Phi) is 6.11. The van der Waals surface area contributed by atoms with Gasteiger partial charge in [-0.05, 0) is 5.56 Å². The molecule has 3 aromatic heterocycles. The van der Waals surface area contributed by atoms with Crippen LogP contribution in [0.15, 0.2) is 52.8 Å². The van der Waals surface area contributed by atoms with Crippen LogP contribution in [0.5, 0.6) is 0 Å². The third kappa shape index (κ3) is 4.50. The molecule has 0 N–H and O–H groups in total. The molecular formula is C23H24N6OS2. The molecule has 1 aromatic carbocycles. The minimum atomic E-state index is -0.0582. The van der Waals surface area contributed by atoms with Crippen LogP contribution in [0.25, 0.3) is 0 Å². The lowest BCUT2D eigenvalue weighted by atomic mass is 10.0. The first-order valence-corrected chi connectivity index (χ1v) is 12.4. The van der Waals surface area contributed by atoms with Gasteiger partial charge in [0, 0.05) is 54.8 Å². The van der Waals surface area contributed by atoms with Gasteiger partial charge >= 0.3 is 0 Å². The maximum absolute atomic E-state index is 13.4. The van der Waals surface area contributed by atoms with Crippen molar-refractivity contribution in [3.8, 4) is 0 Å². The molecule has 0 spiro atoms. The van der Waals surface area contributed by atoms with Gasteiger partial charge in [-0.15, -0.1) is 22.7 Å². The van der Waals surface area contributed by atoms with Gasteiger partial charge in [-0.1, -0.05) is 30.3 Å². The summed E-state index contributed by atoms with van der Waals surface area (Å²) in [4.78, 5) is 26.2. The summed E-state index contributed by atoms with van der Waals surface area (Å²) >= 11 is 3.21. The molecule has 1 aliphatic rings. The molecule has 1 aliphatic heterocycles. The van der Waals surface area contributed by atoms with Gasteiger partial charge in [0.1, 0.15) is 5.01 Å². The van der Waals surface area contributed by atoms with E-state index in [1.165, 1.54) is 16.9 Å². The zero-order valence-corrected chi connectivity index (χ0v) is 19.5. The maximum Gasteiger partial charge on any atom is 0.274 e. The van der Waals surface area contributed by atoms with Crippen LogP contribution in [-0.4, -0.2) is 49.0 Å². The van der Waals surface area contributed by atoms with Gasteiger partial charge in [0.05, 0.1) is 30.8 Å². The van der Waals surface area contributed by atoms with E-state index in [1.807, 2.05) is 46.9 Å². The molecule has 0 atom stereocenters. The zero-order chi connectivity index (χ0) is 21.9. The normalized spacial score (nSPS) is 13.8. The Bertz CT molecular complexity index is 1170.